The van der Waals surface area contributed by atoms with Crippen molar-refractivity contribution in [3.8, 4) is 22.8 Å². The number of benzene rings is 1. The van der Waals surface area contributed by atoms with Gasteiger partial charge in [0, 0.05) is 30.2 Å². The Bertz CT molecular complexity index is 1020. The van der Waals surface area contributed by atoms with Crippen molar-refractivity contribution in [2.75, 3.05) is 11.9 Å². The molecule has 132 valence electrons. The second-order valence-electron chi connectivity index (χ2n) is 7.34. The molecule has 0 saturated heterocycles. The van der Waals surface area contributed by atoms with Crippen LogP contribution < -0.4 is 4.90 Å². The van der Waals surface area contributed by atoms with Crippen LogP contribution in [0.3, 0.4) is 0 Å². The Morgan fingerprint density at radius 1 is 1.08 bits per heavy atom. The highest BCUT2D eigenvalue weighted by atomic mass is 16.4. The number of fused-ring (bicyclic) bond motifs is 1. The van der Waals surface area contributed by atoms with Gasteiger partial charge >= 0.3 is 0 Å². The molecule has 0 fully saturated rings. The van der Waals surface area contributed by atoms with E-state index in [1.165, 1.54) is 0 Å². The third-order valence-electron chi connectivity index (χ3n) is 5.09. The first-order chi connectivity index (χ1) is 12.3. The number of rotatable bonds is 2. The van der Waals surface area contributed by atoms with Crippen LogP contribution in [0.5, 0.6) is 0 Å². The number of nitrogens with zero attached hydrogens (tertiary/aromatic N) is 3. The Labute approximate surface area is 152 Å². The zero-order valence-corrected chi connectivity index (χ0v) is 15.6. The molecule has 3 heterocycles. The number of anilines is 1. The average Bonchev–Trinajstić information content (AvgIpc) is 3.08. The van der Waals surface area contributed by atoms with Gasteiger partial charge in [-0.2, -0.15) is 0 Å². The summed E-state index contributed by atoms with van der Waals surface area (Å²) < 4.78 is 6.05. The molecule has 1 aliphatic heterocycles. The molecule has 0 unspecified atom stereocenters. The summed E-state index contributed by atoms with van der Waals surface area (Å²) in [6.45, 7) is 7.79. The third-order valence-corrected chi connectivity index (χ3v) is 5.09. The van der Waals surface area contributed by atoms with Crippen molar-refractivity contribution in [1.29, 1.82) is 0 Å². The van der Waals surface area contributed by atoms with E-state index >= 15 is 0 Å². The Hall–Kier alpha value is -2.95. The van der Waals surface area contributed by atoms with Gasteiger partial charge in [0.15, 0.2) is 5.76 Å². The summed E-state index contributed by atoms with van der Waals surface area (Å²) in [7, 11) is 1.82. The van der Waals surface area contributed by atoms with Crippen LogP contribution >= 0.6 is 0 Å². The van der Waals surface area contributed by atoms with Gasteiger partial charge in [0.1, 0.15) is 0 Å². The molecule has 3 aromatic rings. The molecule has 1 amide bonds. The molecule has 1 aromatic carbocycles. The second-order valence-corrected chi connectivity index (χ2v) is 7.34. The van der Waals surface area contributed by atoms with Crippen molar-refractivity contribution >= 4 is 11.6 Å². The van der Waals surface area contributed by atoms with Gasteiger partial charge in [-0.3, -0.25) is 9.78 Å². The molecule has 0 aliphatic carbocycles. The number of hydrogen-bond donors (Lipinski definition) is 0. The van der Waals surface area contributed by atoms with E-state index in [9.17, 15) is 4.79 Å². The molecular formula is C21H21N3O2. The highest BCUT2D eigenvalue weighted by molar-refractivity contribution is 6.07. The predicted molar refractivity (Wildman–Crippen MR) is 101 cm³/mol. The van der Waals surface area contributed by atoms with Crippen LogP contribution in [0.2, 0.25) is 0 Å². The number of oxazole rings is 1. The van der Waals surface area contributed by atoms with Crippen molar-refractivity contribution in [2.45, 2.75) is 33.1 Å². The van der Waals surface area contributed by atoms with E-state index < -0.39 is 5.41 Å². The molecule has 5 heteroatoms. The van der Waals surface area contributed by atoms with Crippen molar-refractivity contribution in [2.24, 2.45) is 0 Å². The molecule has 26 heavy (non-hydrogen) atoms. The molecule has 5 nitrogen and oxygen atoms in total. The molecular weight excluding hydrogens is 326 g/mol. The lowest BCUT2D eigenvalue weighted by Crippen LogP contribution is -2.33. The minimum Gasteiger partial charge on any atom is -0.436 e. The number of pyridine rings is 1. The molecule has 0 radical (unpaired) electrons. The Balaban J connectivity index is 1.78. The molecule has 4 rings (SSSR count). The highest BCUT2D eigenvalue weighted by Crippen LogP contribution is 2.43. The fraction of sp³-hybridized carbons (Fsp3) is 0.286. The summed E-state index contributed by atoms with van der Waals surface area (Å²) >= 11 is 0. The molecule has 2 aromatic heterocycles. The van der Waals surface area contributed by atoms with Crippen molar-refractivity contribution < 1.29 is 9.21 Å². The fourth-order valence-electron chi connectivity index (χ4n) is 3.50. The summed E-state index contributed by atoms with van der Waals surface area (Å²) in [4.78, 5) is 23.1. The molecule has 0 N–H and O–H groups in total. The van der Waals surface area contributed by atoms with E-state index in [1.807, 2.05) is 65.1 Å². The van der Waals surface area contributed by atoms with Gasteiger partial charge in [-0.1, -0.05) is 12.1 Å². The van der Waals surface area contributed by atoms with E-state index in [-0.39, 0.29) is 5.91 Å². The van der Waals surface area contributed by atoms with E-state index in [0.29, 0.717) is 11.7 Å². The van der Waals surface area contributed by atoms with Gasteiger partial charge in [-0.25, -0.2) is 4.98 Å². The Morgan fingerprint density at radius 2 is 1.81 bits per heavy atom. The van der Waals surface area contributed by atoms with E-state index in [1.54, 1.807) is 11.1 Å². The number of carbonyl (C=O) groups is 1. The first kappa shape index (κ1) is 16.5. The van der Waals surface area contributed by atoms with Crippen LogP contribution in [-0.2, 0) is 10.2 Å². The zero-order valence-electron chi connectivity index (χ0n) is 15.6. The first-order valence-electron chi connectivity index (χ1n) is 8.62. The number of amides is 1. The van der Waals surface area contributed by atoms with Crippen LogP contribution in [0.1, 0.15) is 30.8 Å². The lowest BCUT2D eigenvalue weighted by atomic mass is 9.86. The summed E-state index contributed by atoms with van der Waals surface area (Å²) in [6.07, 6.45) is 1.77. The fourth-order valence-corrected chi connectivity index (χ4v) is 3.50. The highest BCUT2D eigenvalue weighted by Gasteiger charge is 2.42. The SMILES string of the molecule is Cc1ccc(-c2nc(C)c(-c3ccc4c(c3)N(C)C(=O)C4(C)C)o2)cn1. The van der Waals surface area contributed by atoms with Crippen molar-refractivity contribution in [3.05, 3.63) is 53.5 Å². The topological polar surface area (TPSA) is 59.2 Å². The van der Waals surface area contributed by atoms with Gasteiger partial charge in [-0.05, 0) is 51.5 Å². The summed E-state index contributed by atoms with van der Waals surface area (Å²) in [5.74, 6) is 1.37. The summed E-state index contributed by atoms with van der Waals surface area (Å²) in [5, 5.41) is 0. The molecule has 0 atom stereocenters. The van der Waals surface area contributed by atoms with E-state index in [4.69, 9.17) is 4.42 Å². The molecule has 1 aliphatic rings. The van der Waals surface area contributed by atoms with Gasteiger partial charge in [0.05, 0.1) is 16.7 Å². The summed E-state index contributed by atoms with van der Waals surface area (Å²) in [5.41, 5.74) is 4.98. The Kier molecular flexibility index (Phi) is 3.51. The lowest BCUT2D eigenvalue weighted by molar-refractivity contribution is -0.121. The standard InChI is InChI=1S/C21H21N3O2/c1-12-6-7-15(11-22-12)19-23-13(2)18(26-19)14-8-9-16-17(10-14)24(5)20(25)21(16,3)4/h6-11H,1-5H3. The monoisotopic (exact) mass is 347 g/mol. The maximum absolute atomic E-state index is 12.5. The molecule has 0 spiro atoms. The van der Waals surface area contributed by atoms with Crippen LogP contribution in [0.4, 0.5) is 5.69 Å². The zero-order chi connectivity index (χ0) is 18.6. The average molecular weight is 347 g/mol. The van der Waals surface area contributed by atoms with Gasteiger partial charge in [-0.15, -0.1) is 0 Å². The summed E-state index contributed by atoms with van der Waals surface area (Å²) in [6, 6.07) is 9.91. The van der Waals surface area contributed by atoms with Crippen LogP contribution in [0.15, 0.2) is 40.9 Å². The van der Waals surface area contributed by atoms with Gasteiger partial charge < -0.3 is 9.32 Å². The largest absolute Gasteiger partial charge is 0.436 e. The molecule has 0 bridgehead atoms. The van der Waals surface area contributed by atoms with Gasteiger partial charge in [0.2, 0.25) is 11.8 Å². The molecule has 0 saturated carbocycles. The normalized spacial score (nSPS) is 15.4. The van der Waals surface area contributed by atoms with Crippen molar-refractivity contribution in [1.82, 2.24) is 9.97 Å². The minimum atomic E-state index is -0.502. The Morgan fingerprint density at radius 3 is 2.50 bits per heavy atom. The smallest absolute Gasteiger partial charge is 0.236 e. The maximum atomic E-state index is 12.5. The number of carbonyl (C=O) groups excluding carboxylic acids is 1. The maximum Gasteiger partial charge on any atom is 0.236 e. The van der Waals surface area contributed by atoms with Crippen LogP contribution in [0, 0.1) is 13.8 Å². The third kappa shape index (κ3) is 2.35. The first-order valence-corrected chi connectivity index (χ1v) is 8.62. The minimum absolute atomic E-state index is 0.102. The lowest BCUT2D eigenvalue weighted by Gasteiger charge is -2.16. The number of aromatic nitrogens is 2. The van der Waals surface area contributed by atoms with E-state index in [0.717, 1.165) is 33.8 Å². The quantitative estimate of drug-likeness (QED) is 0.694. The van der Waals surface area contributed by atoms with Crippen molar-refractivity contribution in [3.63, 3.8) is 0 Å². The number of aryl methyl sites for hydroxylation is 2. The number of likely N-dealkylation sites (N-methyl/N-ethyl adjacent to an activating group) is 1. The second kappa shape index (κ2) is 5.53. The van der Waals surface area contributed by atoms with Crippen LogP contribution in [-0.4, -0.2) is 22.9 Å². The van der Waals surface area contributed by atoms with Gasteiger partial charge in [0.25, 0.3) is 0 Å². The number of hydrogen-bond acceptors (Lipinski definition) is 4. The van der Waals surface area contributed by atoms with E-state index in [2.05, 4.69) is 9.97 Å². The predicted octanol–water partition coefficient (Wildman–Crippen LogP) is 4.27. The van der Waals surface area contributed by atoms with Crippen LogP contribution in [0.25, 0.3) is 22.8 Å².